The highest BCUT2D eigenvalue weighted by Crippen LogP contribution is 2.32. The number of nitrogens with one attached hydrogen (secondary N) is 2. The molecule has 3 N–H and O–H groups in total. The molecule has 0 spiro atoms. The van der Waals surface area contributed by atoms with Crippen LogP contribution < -0.4 is 15.6 Å². The third-order valence-corrected chi connectivity index (χ3v) is 6.17. The van der Waals surface area contributed by atoms with Crippen LogP contribution in [0.5, 0.6) is 5.75 Å². The normalized spacial score (nSPS) is 13.9. The molecular weight excluding hydrogens is 452 g/mol. The average Bonchev–Trinajstić information content (AvgIpc) is 3.34. The quantitative estimate of drug-likeness (QED) is 0.297. The van der Waals surface area contributed by atoms with E-state index < -0.39 is 6.03 Å². The summed E-state index contributed by atoms with van der Waals surface area (Å²) < 4.78 is 6.56. The van der Waals surface area contributed by atoms with Crippen LogP contribution in [0.25, 0.3) is 21.6 Å². The summed E-state index contributed by atoms with van der Waals surface area (Å²) >= 11 is 1.64. The van der Waals surface area contributed by atoms with Crippen molar-refractivity contribution in [1.82, 2.24) is 15.4 Å². The number of nitrogens with zero attached hydrogens (tertiary/aromatic N) is 4. The number of anilines is 2. The lowest BCUT2D eigenvalue weighted by Gasteiger charge is -2.28. The third-order valence-electron chi connectivity index (χ3n) is 5.27. The zero-order chi connectivity index (χ0) is 23.3. The number of urea groups is 1. The molecule has 1 fully saturated rings. The van der Waals surface area contributed by atoms with Gasteiger partial charge in [0.15, 0.2) is 11.6 Å². The van der Waals surface area contributed by atoms with Gasteiger partial charge in [-0.15, -0.1) is 11.3 Å². The predicted molar refractivity (Wildman–Crippen MR) is 134 cm³/mol. The van der Waals surface area contributed by atoms with Crippen molar-refractivity contribution < 1.29 is 14.6 Å². The number of phenolic OH excluding ortho intramolecular Hbond substituents is 1. The molecule has 0 aliphatic carbocycles. The van der Waals surface area contributed by atoms with Crippen molar-refractivity contribution in [3.05, 3.63) is 65.5 Å². The Hall–Kier alpha value is -4.02. The largest absolute Gasteiger partial charge is 0.508 e. The zero-order valence-electron chi connectivity index (χ0n) is 18.1. The second-order valence-corrected chi connectivity index (χ2v) is 8.51. The van der Waals surface area contributed by atoms with E-state index in [-0.39, 0.29) is 5.75 Å². The van der Waals surface area contributed by atoms with Gasteiger partial charge in [0.05, 0.1) is 29.6 Å². The van der Waals surface area contributed by atoms with Crippen LogP contribution in [-0.2, 0) is 4.74 Å². The summed E-state index contributed by atoms with van der Waals surface area (Å²) in [5.41, 5.74) is 5.57. The number of aromatic nitrogens is 2. The summed E-state index contributed by atoms with van der Waals surface area (Å²) in [6.07, 6.45) is 1.49. The Balaban J connectivity index is 1.27. The number of hydrogen-bond acceptors (Lipinski definition) is 8. The van der Waals surface area contributed by atoms with Gasteiger partial charge in [0.2, 0.25) is 0 Å². The maximum Gasteiger partial charge on any atom is 0.339 e. The van der Waals surface area contributed by atoms with Gasteiger partial charge in [-0.25, -0.2) is 20.2 Å². The van der Waals surface area contributed by atoms with Crippen molar-refractivity contribution in [2.24, 2.45) is 5.10 Å². The summed E-state index contributed by atoms with van der Waals surface area (Å²) in [5, 5.41) is 18.0. The Morgan fingerprint density at radius 1 is 1.06 bits per heavy atom. The molecule has 0 atom stereocenters. The van der Waals surface area contributed by atoms with Crippen LogP contribution in [-0.4, -0.2) is 53.6 Å². The van der Waals surface area contributed by atoms with Gasteiger partial charge in [-0.3, -0.25) is 0 Å². The maximum absolute atomic E-state index is 12.1. The van der Waals surface area contributed by atoms with Gasteiger partial charge in [-0.05, 0) is 65.5 Å². The van der Waals surface area contributed by atoms with E-state index in [0.717, 1.165) is 40.3 Å². The van der Waals surface area contributed by atoms with Crippen LogP contribution in [0.4, 0.5) is 16.3 Å². The van der Waals surface area contributed by atoms with E-state index in [9.17, 15) is 9.90 Å². The summed E-state index contributed by atoms with van der Waals surface area (Å²) in [5.74, 6) is 1.75. The van der Waals surface area contributed by atoms with Crippen LogP contribution in [0, 0.1) is 0 Å². The standard InChI is InChI=1S/C24H22N6O3S/c31-19-7-1-16(2-8-19)15-25-29-24(32)26-18-5-3-17(4-6-18)22-27-20-9-14-34-21(20)23(28-22)30-10-12-33-13-11-30/h1-9,14-15,31H,10-13H2,(H2,26,29,32)/b25-15+. The number of carbonyl (C=O) groups excluding carboxylic acids is 1. The molecule has 1 aliphatic rings. The number of fused-ring (bicyclic) bond motifs is 1. The summed E-state index contributed by atoms with van der Waals surface area (Å²) in [7, 11) is 0. The molecule has 0 unspecified atom stereocenters. The summed E-state index contributed by atoms with van der Waals surface area (Å²) in [4.78, 5) is 24.0. The van der Waals surface area contributed by atoms with Crippen molar-refractivity contribution in [3.8, 4) is 17.1 Å². The van der Waals surface area contributed by atoms with Gasteiger partial charge >= 0.3 is 6.03 Å². The molecule has 9 nitrogen and oxygen atoms in total. The number of rotatable bonds is 5. The Labute approximate surface area is 199 Å². The highest BCUT2D eigenvalue weighted by Gasteiger charge is 2.18. The second kappa shape index (κ2) is 9.86. The average molecular weight is 475 g/mol. The highest BCUT2D eigenvalue weighted by atomic mass is 32.1. The van der Waals surface area contributed by atoms with Crippen LogP contribution in [0.15, 0.2) is 65.1 Å². The molecule has 2 aromatic carbocycles. The number of hydrogen-bond donors (Lipinski definition) is 3. The fourth-order valence-electron chi connectivity index (χ4n) is 3.55. The third kappa shape index (κ3) is 4.98. The Morgan fingerprint density at radius 3 is 2.59 bits per heavy atom. The van der Waals surface area contributed by atoms with Crippen molar-refractivity contribution in [3.63, 3.8) is 0 Å². The van der Waals surface area contributed by atoms with Gasteiger partial charge in [0.25, 0.3) is 0 Å². The number of thiophene rings is 1. The topological polar surface area (TPSA) is 112 Å². The van der Waals surface area contributed by atoms with Gasteiger partial charge < -0.3 is 20.1 Å². The summed E-state index contributed by atoms with van der Waals surface area (Å²) in [6, 6.07) is 15.4. The fraction of sp³-hybridized carbons (Fsp3) is 0.167. The minimum absolute atomic E-state index is 0.171. The molecule has 4 aromatic rings. The van der Waals surface area contributed by atoms with E-state index >= 15 is 0 Å². The Kier molecular flexibility index (Phi) is 6.32. The van der Waals surface area contributed by atoms with E-state index in [4.69, 9.17) is 14.7 Å². The molecule has 2 amide bonds. The molecule has 1 saturated heterocycles. The molecule has 3 heterocycles. The van der Waals surface area contributed by atoms with Crippen molar-refractivity contribution in [1.29, 1.82) is 0 Å². The number of ether oxygens (including phenoxy) is 1. The minimum Gasteiger partial charge on any atom is -0.508 e. The fourth-order valence-corrected chi connectivity index (χ4v) is 4.40. The molecule has 0 saturated carbocycles. The Bertz CT molecular complexity index is 1320. The first-order valence-electron chi connectivity index (χ1n) is 10.7. The maximum atomic E-state index is 12.1. The first-order chi connectivity index (χ1) is 16.7. The van der Waals surface area contributed by atoms with Gasteiger partial charge in [-0.2, -0.15) is 5.10 Å². The lowest BCUT2D eigenvalue weighted by molar-refractivity contribution is 0.122. The number of amides is 2. The molecule has 10 heteroatoms. The number of morpholine rings is 1. The molecule has 2 aromatic heterocycles. The van der Waals surface area contributed by atoms with Crippen LogP contribution in [0.2, 0.25) is 0 Å². The SMILES string of the molecule is O=C(N/N=C/c1ccc(O)cc1)Nc1ccc(-c2nc(N3CCOCC3)c3sccc3n2)cc1. The van der Waals surface area contributed by atoms with E-state index in [0.29, 0.717) is 24.7 Å². The van der Waals surface area contributed by atoms with Gasteiger partial charge in [-0.1, -0.05) is 0 Å². The van der Waals surface area contributed by atoms with Crippen molar-refractivity contribution in [2.45, 2.75) is 0 Å². The van der Waals surface area contributed by atoms with E-state index in [1.165, 1.54) is 6.21 Å². The zero-order valence-corrected chi connectivity index (χ0v) is 19.0. The number of benzene rings is 2. The summed E-state index contributed by atoms with van der Waals surface area (Å²) in [6.45, 7) is 2.98. The first-order valence-corrected chi connectivity index (χ1v) is 11.6. The van der Waals surface area contributed by atoms with E-state index in [2.05, 4.69) is 20.7 Å². The van der Waals surface area contributed by atoms with E-state index in [1.54, 1.807) is 47.7 Å². The molecule has 5 rings (SSSR count). The Morgan fingerprint density at radius 2 is 1.82 bits per heavy atom. The lowest BCUT2D eigenvalue weighted by atomic mass is 10.2. The van der Waals surface area contributed by atoms with E-state index in [1.807, 2.05) is 23.6 Å². The number of hydrazone groups is 1. The van der Waals surface area contributed by atoms with Crippen molar-refractivity contribution >= 4 is 45.3 Å². The molecular formula is C24H22N6O3S. The van der Waals surface area contributed by atoms with Gasteiger partial charge in [0, 0.05) is 24.3 Å². The molecule has 0 radical (unpaired) electrons. The van der Waals surface area contributed by atoms with Crippen molar-refractivity contribution in [2.75, 3.05) is 36.5 Å². The highest BCUT2D eigenvalue weighted by molar-refractivity contribution is 7.17. The number of phenols is 1. The van der Waals surface area contributed by atoms with Gasteiger partial charge in [0.1, 0.15) is 5.75 Å². The molecule has 34 heavy (non-hydrogen) atoms. The number of aromatic hydroxyl groups is 1. The minimum atomic E-state index is -0.465. The van der Waals surface area contributed by atoms with Crippen LogP contribution in [0.3, 0.4) is 0 Å². The number of carbonyl (C=O) groups is 1. The lowest BCUT2D eigenvalue weighted by Crippen LogP contribution is -2.36. The monoisotopic (exact) mass is 474 g/mol. The van der Waals surface area contributed by atoms with Crippen LogP contribution in [0.1, 0.15) is 5.56 Å². The molecule has 172 valence electrons. The molecule has 1 aliphatic heterocycles. The second-order valence-electron chi connectivity index (χ2n) is 7.60. The van der Waals surface area contributed by atoms with Crippen LogP contribution >= 0.6 is 11.3 Å². The first kappa shape index (κ1) is 21.8. The smallest absolute Gasteiger partial charge is 0.339 e. The predicted octanol–water partition coefficient (Wildman–Crippen LogP) is 4.06. The molecule has 0 bridgehead atoms.